The molecule has 2 heterocycles. The highest BCUT2D eigenvalue weighted by molar-refractivity contribution is 7.12. The van der Waals surface area contributed by atoms with Crippen LogP contribution in [-0.4, -0.2) is 29.8 Å². The van der Waals surface area contributed by atoms with Gasteiger partial charge < -0.3 is 10.2 Å². The maximum Gasteiger partial charge on any atom is 0.262 e. The summed E-state index contributed by atoms with van der Waals surface area (Å²) in [6, 6.07) is 5.08. The van der Waals surface area contributed by atoms with Gasteiger partial charge in [-0.25, -0.2) is 0 Å². The van der Waals surface area contributed by atoms with Gasteiger partial charge in [-0.1, -0.05) is 19.9 Å². The highest BCUT2D eigenvalue weighted by atomic mass is 32.1. The molecule has 1 unspecified atom stereocenters. The van der Waals surface area contributed by atoms with Gasteiger partial charge in [0.05, 0.1) is 4.88 Å². The van der Waals surface area contributed by atoms with Gasteiger partial charge in [-0.05, 0) is 39.8 Å². The summed E-state index contributed by atoms with van der Waals surface area (Å²) in [5, 5.41) is 8.73. The second kappa shape index (κ2) is 7.56. The number of carbonyl (C=O) groups is 2. The molecule has 0 saturated carbocycles. The Balaban J connectivity index is 2.03. The van der Waals surface area contributed by atoms with Gasteiger partial charge in [-0.3, -0.25) is 9.59 Å². The van der Waals surface area contributed by atoms with Crippen LogP contribution in [0.25, 0.3) is 0 Å². The summed E-state index contributed by atoms with van der Waals surface area (Å²) in [4.78, 5) is 27.1. The number of carbonyl (C=O) groups excluding carboxylic acids is 2. The fraction of sp³-hybridized carbons (Fsp3) is 0.375. The van der Waals surface area contributed by atoms with Crippen molar-refractivity contribution in [1.29, 1.82) is 0 Å². The molecule has 0 bridgehead atoms. The zero-order valence-electron chi connectivity index (χ0n) is 12.9. The Bertz CT molecular complexity index is 606. The molecule has 1 N–H and O–H groups in total. The first-order chi connectivity index (χ1) is 10.5. The SMILES string of the molecule is CC(C)C(NC(=O)c1cccs1)C(=O)N(C)Cc1ccsc1. The molecular formula is C16H20N2O2S2. The minimum Gasteiger partial charge on any atom is -0.340 e. The van der Waals surface area contributed by atoms with Crippen molar-refractivity contribution >= 4 is 34.5 Å². The molecule has 2 aromatic heterocycles. The van der Waals surface area contributed by atoms with Crippen molar-refractivity contribution in [3.8, 4) is 0 Å². The van der Waals surface area contributed by atoms with Gasteiger partial charge >= 0.3 is 0 Å². The quantitative estimate of drug-likeness (QED) is 0.880. The van der Waals surface area contributed by atoms with Crippen LogP contribution in [0.15, 0.2) is 34.3 Å². The third-order valence-corrected chi connectivity index (χ3v) is 4.94. The Morgan fingerprint density at radius 3 is 2.59 bits per heavy atom. The van der Waals surface area contributed by atoms with E-state index in [4.69, 9.17) is 0 Å². The molecule has 2 amide bonds. The third kappa shape index (κ3) is 4.18. The number of hydrogen-bond donors (Lipinski definition) is 1. The molecule has 6 heteroatoms. The summed E-state index contributed by atoms with van der Waals surface area (Å²) in [6.07, 6.45) is 0. The lowest BCUT2D eigenvalue weighted by molar-refractivity contribution is -0.133. The van der Waals surface area contributed by atoms with Crippen LogP contribution in [0, 0.1) is 5.92 Å². The van der Waals surface area contributed by atoms with Gasteiger partial charge in [-0.2, -0.15) is 11.3 Å². The van der Waals surface area contributed by atoms with Crippen LogP contribution in [0.1, 0.15) is 29.1 Å². The van der Waals surface area contributed by atoms with Crippen LogP contribution in [0.4, 0.5) is 0 Å². The molecule has 2 rings (SSSR count). The molecule has 0 aliphatic heterocycles. The largest absolute Gasteiger partial charge is 0.340 e. The van der Waals surface area contributed by atoms with E-state index in [-0.39, 0.29) is 17.7 Å². The van der Waals surface area contributed by atoms with Crippen molar-refractivity contribution in [3.63, 3.8) is 0 Å². The Morgan fingerprint density at radius 2 is 2.05 bits per heavy atom. The summed E-state index contributed by atoms with van der Waals surface area (Å²) >= 11 is 2.98. The van der Waals surface area contributed by atoms with E-state index in [1.807, 2.05) is 42.1 Å². The minimum absolute atomic E-state index is 0.0290. The maximum absolute atomic E-state index is 12.6. The predicted octanol–water partition coefficient (Wildman–Crippen LogP) is 3.22. The highest BCUT2D eigenvalue weighted by Crippen LogP contribution is 2.14. The predicted molar refractivity (Wildman–Crippen MR) is 91.2 cm³/mol. The lowest BCUT2D eigenvalue weighted by Gasteiger charge is -2.26. The van der Waals surface area contributed by atoms with E-state index in [0.717, 1.165) is 5.56 Å². The highest BCUT2D eigenvalue weighted by Gasteiger charge is 2.27. The average Bonchev–Trinajstić information content (AvgIpc) is 3.16. The van der Waals surface area contributed by atoms with Crippen LogP contribution >= 0.6 is 22.7 Å². The van der Waals surface area contributed by atoms with Crippen LogP contribution in [-0.2, 0) is 11.3 Å². The summed E-state index contributed by atoms with van der Waals surface area (Å²) in [6.45, 7) is 4.44. The number of rotatable bonds is 6. The van der Waals surface area contributed by atoms with Crippen LogP contribution < -0.4 is 5.32 Å². The third-order valence-electron chi connectivity index (χ3n) is 3.34. The Labute approximate surface area is 138 Å². The molecule has 22 heavy (non-hydrogen) atoms. The standard InChI is InChI=1S/C16H20N2O2S2/c1-11(2)14(17-15(19)13-5-4-7-22-13)16(20)18(3)9-12-6-8-21-10-12/h4-8,10-11,14H,9H2,1-3H3,(H,17,19). The first-order valence-corrected chi connectivity index (χ1v) is 8.91. The molecule has 0 fully saturated rings. The van der Waals surface area contributed by atoms with Gasteiger partial charge in [0.25, 0.3) is 5.91 Å². The molecule has 1 atom stereocenters. The van der Waals surface area contributed by atoms with Crippen molar-refractivity contribution in [2.24, 2.45) is 5.92 Å². The van der Waals surface area contributed by atoms with E-state index in [9.17, 15) is 9.59 Å². The average molecular weight is 336 g/mol. The molecule has 0 radical (unpaired) electrons. The second-order valence-corrected chi connectivity index (χ2v) is 7.23. The van der Waals surface area contributed by atoms with E-state index >= 15 is 0 Å². The number of nitrogens with zero attached hydrogens (tertiary/aromatic N) is 1. The summed E-state index contributed by atoms with van der Waals surface area (Å²) in [5.74, 6) is -0.224. The van der Waals surface area contributed by atoms with Gasteiger partial charge in [0.2, 0.25) is 5.91 Å². The zero-order valence-corrected chi connectivity index (χ0v) is 14.5. The summed E-state index contributed by atoms with van der Waals surface area (Å²) < 4.78 is 0. The molecule has 4 nitrogen and oxygen atoms in total. The van der Waals surface area contributed by atoms with Crippen molar-refractivity contribution in [2.45, 2.75) is 26.4 Å². The van der Waals surface area contributed by atoms with Crippen molar-refractivity contribution in [2.75, 3.05) is 7.05 Å². The monoisotopic (exact) mass is 336 g/mol. The van der Waals surface area contributed by atoms with E-state index < -0.39 is 6.04 Å². The fourth-order valence-corrected chi connectivity index (χ4v) is 3.39. The lowest BCUT2D eigenvalue weighted by atomic mass is 10.0. The summed E-state index contributed by atoms with van der Waals surface area (Å²) in [5.41, 5.74) is 1.10. The molecule has 0 spiro atoms. The molecule has 0 aromatic carbocycles. The zero-order chi connectivity index (χ0) is 16.1. The first kappa shape index (κ1) is 16.7. The first-order valence-electron chi connectivity index (χ1n) is 7.09. The van der Waals surface area contributed by atoms with Crippen LogP contribution in [0.3, 0.4) is 0 Å². The van der Waals surface area contributed by atoms with Crippen LogP contribution in [0.5, 0.6) is 0 Å². The second-order valence-electron chi connectivity index (χ2n) is 5.50. The topological polar surface area (TPSA) is 49.4 Å². The molecule has 0 aliphatic rings. The molecule has 118 valence electrons. The minimum atomic E-state index is -0.516. The van der Waals surface area contributed by atoms with Gasteiger partial charge in [0.15, 0.2) is 0 Å². The van der Waals surface area contributed by atoms with Crippen molar-refractivity contribution < 1.29 is 9.59 Å². The molecular weight excluding hydrogens is 316 g/mol. The molecule has 0 aliphatic carbocycles. The lowest BCUT2D eigenvalue weighted by Crippen LogP contribution is -2.49. The normalized spacial score (nSPS) is 12.2. The van der Waals surface area contributed by atoms with Gasteiger partial charge in [0, 0.05) is 13.6 Å². The number of nitrogens with one attached hydrogen (secondary N) is 1. The summed E-state index contributed by atoms with van der Waals surface area (Å²) in [7, 11) is 1.77. The van der Waals surface area contributed by atoms with Crippen LogP contribution in [0.2, 0.25) is 0 Å². The maximum atomic E-state index is 12.6. The van der Waals surface area contributed by atoms with Gasteiger partial charge in [-0.15, -0.1) is 11.3 Å². The Hall–Kier alpha value is -1.66. The van der Waals surface area contributed by atoms with E-state index in [2.05, 4.69) is 5.32 Å². The van der Waals surface area contributed by atoms with E-state index in [0.29, 0.717) is 11.4 Å². The van der Waals surface area contributed by atoms with Gasteiger partial charge in [0.1, 0.15) is 6.04 Å². The Kier molecular flexibility index (Phi) is 5.74. The van der Waals surface area contributed by atoms with Crippen molar-refractivity contribution in [3.05, 3.63) is 44.8 Å². The number of likely N-dealkylation sites (N-methyl/N-ethyl adjacent to an activating group) is 1. The van der Waals surface area contributed by atoms with E-state index in [1.54, 1.807) is 29.4 Å². The number of hydrogen-bond acceptors (Lipinski definition) is 4. The number of thiophene rings is 2. The van der Waals surface area contributed by atoms with E-state index in [1.165, 1.54) is 11.3 Å². The molecule has 2 aromatic rings. The Morgan fingerprint density at radius 1 is 1.27 bits per heavy atom. The number of amides is 2. The smallest absolute Gasteiger partial charge is 0.262 e. The molecule has 0 saturated heterocycles. The fourth-order valence-electron chi connectivity index (χ4n) is 2.11. The van der Waals surface area contributed by atoms with Crippen molar-refractivity contribution in [1.82, 2.24) is 10.2 Å².